The third-order valence-electron chi connectivity index (χ3n) is 6.50. The maximum Gasteiger partial charge on any atom is 0.258 e. The highest BCUT2D eigenvalue weighted by Crippen LogP contribution is 2.34. The van der Waals surface area contributed by atoms with Gasteiger partial charge in [-0.3, -0.25) is 4.79 Å². The number of nitrogens with two attached hydrogens (primary N) is 1. The second kappa shape index (κ2) is 8.87. The van der Waals surface area contributed by atoms with Gasteiger partial charge in [-0.15, -0.1) is 0 Å². The van der Waals surface area contributed by atoms with Crippen LogP contribution in [0.3, 0.4) is 0 Å². The smallest absolute Gasteiger partial charge is 0.258 e. The number of aromatic nitrogens is 2. The molecule has 0 spiro atoms. The quantitative estimate of drug-likeness (QED) is 0.444. The topological polar surface area (TPSA) is 78.2 Å². The largest absolute Gasteiger partial charge is 0.383 e. The first-order chi connectivity index (χ1) is 16.4. The van der Waals surface area contributed by atoms with Crippen LogP contribution in [0.4, 0.5) is 20.3 Å². The second-order valence-corrected chi connectivity index (χ2v) is 8.46. The Morgan fingerprint density at radius 2 is 1.71 bits per heavy atom. The van der Waals surface area contributed by atoms with Crippen LogP contribution in [-0.2, 0) is 0 Å². The molecule has 6 nitrogen and oxygen atoms in total. The van der Waals surface area contributed by atoms with E-state index in [1.54, 1.807) is 18.2 Å². The van der Waals surface area contributed by atoms with Gasteiger partial charge in [-0.2, -0.15) is 4.39 Å². The Bertz CT molecular complexity index is 1410. The number of rotatable bonds is 4. The van der Waals surface area contributed by atoms with Gasteiger partial charge in [-0.25, -0.2) is 9.37 Å². The summed E-state index contributed by atoms with van der Waals surface area (Å²) >= 11 is 0. The molecule has 1 fully saturated rings. The number of hydrogen-bond donors (Lipinski definition) is 2. The van der Waals surface area contributed by atoms with Gasteiger partial charge in [0.15, 0.2) is 0 Å². The van der Waals surface area contributed by atoms with Crippen LogP contribution in [0.15, 0.2) is 59.5 Å². The summed E-state index contributed by atoms with van der Waals surface area (Å²) in [7, 11) is 0. The van der Waals surface area contributed by atoms with Gasteiger partial charge >= 0.3 is 0 Å². The van der Waals surface area contributed by atoms with Crippen molar-refractivity contribution in [2.75, 3.05) is 43.4 Å². The lowest BCUT2D eigenvalue weighted by atomic mass is 9.98. The zero-order valence-electron chi connectivity index (χ0n) is 18.8. The maximum absolute atomic E-state index is 14.8. The Hall–Kier alpha value is -3.78. The summed E-state index contributed by atoms with van der Waals surface area (Å²) in [6.45, 7) is 7.16. The maximum atomic E-state index is 14.8. The number of halogens is 2. The van der Waals surface area contributed by atoms with E-state index in [9.17, 15) is 13.6 Å². The predicted molar refractivity (Wildman–Crippen MR) is 132 cm³/mol. The van der Waals surface area contributed by atoms with Crippen molar-refractivity contribution in [1.82, 2.24) is 14.9 Å². The molecule has 3 N–H and O–H groups in total. The number of nitrogens with one attached hydrogen (secondary N) is 1. The molecule has 5 rings (SSSR count). The van der Waals surface area contributed by atoms with E-state index in [0.29, 0.717) is 22.1 Å². The summed E-state index contributed by atoms with van der Waals surface area (Å²) < 4.78 is 29.6. The molecule has 8 heteroatoms. The van der Waals surface area contributed by atoms with Crippen LogP contribution in [0.5, 0.6) is 0 Å². The molecule has 1 aliphatic heterocycles. The minimum Gasteiger partial charge on any atom is -0.383 e. The summed E-state index contributed by atoms with van der Waals surface area (Å²) in [5, 5.41) is 0.395. The van der Waals surface area contributed by atoms with Crippen molar-refractivity contribution in [2.45, 2.75) is 6.92 Å². The highest BCUT2D eigenvalue weighted by Gasteiger charge is 2.18. The van der Waals surface area contributed by atoms with Crippen LogP contribution in [0.2, 0.25) is 0 Å². The number of nitrogen functional groups attached to an aromatic ring is 1. The van der Waals surface area contributed by atoms with E-state index >= 15 is 0 Å². The standard InChI is InChI=1S/C26H25F2N5O/c1-2-32-9-11-33(12-10-32)19-5-3-16(4-6-19)20-15-21(25(29)31-24(20)28)18-13-17-7-8-30-26(34)23(17)22(27)14-18/h3-8,13-15H,2,9-12H2,1H3,(H2,29,31)(H,30,34). The van der Waals surface area contributed by atoms with E-state index in [2.05, 4.69) is 26.7 Å². The average Bonchev–Trinajstić information content (AvgIpc) is 2.84. The Labute approximate surface area is 195 Å². The number of piperazine rings is 1. The van der Waals surface area contributed by atoms with Gasteiger partial charge in [0.25, 0.3) is 5.56 Å². The van der Waals surface area contributed by atoms with Crippen molar-refractivity contribution in [3.63, 3.8) is 0 Å². The van der Waals surface area contributed by atoms with Crippen LogP contribution in [0.25, 0.3) is 33.0 Å². The number of H-pyrrole nitrogens is 1. The number of aromatic amines is 1. The zero-order chi connectivity index (χ0) is 23.8. The Kier molecular flexibility index (Phi) is 5.75. The van der Waals surface area contributed by atoms with Crippen molar-refractivity contribution >= 4 is 22.3 Å². The Morgan fingerprint density at radius 3 is 2.41 bits per heavy atom. The first kappa shape index (κ1) is 22.0. The molecule has 4 aromatic rings. The van der Waals surface area contributed by atoms with E-state index in [4.69, 9.17) is 5.73 Å². The summed E-state index contributed by atoms with van der Waals surface area (Å²) in [6, 6.07) is 13.8. The van der Waals surface area contributed by atoms with Gasteiger partial charge in [0.05, 0.1) is 5.39 Å². The minimum atomic E-state index is -0.691. The lowest BCUT2D eigenvalue weighted by molar-refractivity contribution is 0.271. The van der Waals surface area contributed by atoms with Gasteiger partial charge in [0.2, 0.25) is 5.95 Å². The molecule has 2 aromatic carbocycles. The fraction of sp³-hybridized carbons (Fsp3) is 0.231. The van der Waals surface area contributed by atoms with Gasteiger partial charge in [0, 0.05) is 49.2 Å². The van der Waals surface area contributed by atoms with E-state index < -0.39 is 17.3 Å². The molecule has 0 bridgehead atoms. The number of nitrogens with zero attached hydrogens (tertiary/aromatic N) is 3. The third kappa shape index (κ3) is 4.01. The van der Waals surface area contributed by atoms with E-state index in [-0.39, 0.29) is 16.8 Å². The molecular weight excluding hydrogens is 436 g/mol. The first-order valence-corrected chi connectivity index (χ1v) is 11.3. The average molecular weight is 462 g/mol. The van der Waals surface area contributed by atoms with Crippen molar-refractivity contribution in [3.05, 3.63) is 76.8 Å². The predicted octanol–water partition coefficient (Wildman–Crippen LogP) is 4.26. The van der Waals surface area contributed by atoms with Crippen LogP contribution in [0.1, 0.15) is 6.92 Å². The lowest BCUT2D eigenvalue weighted by Crippen LogP contribution is -2.46. The van der Waals surface area contributed by atoms with Crippen molar-refractivity contribution in [2.24, 2.45) is 0 Å². The van der Waals surface area contributed by atoms with Gasteiger partial charge in [-0.1, -0.05) is 19.1 Å². The Morgan fingerprint density at radius 1 is 0.971 bits per heavy atom. The molecule has 174 valence electrons. The third-order valence-corrected chi connectivity index (χ3v) is 6.50. The summed E-state index contributed by atoms with van der Waals surface area (Å²) in [4.78, 5) is 23.1. The molecule has 34 heavy (non-hydrogen) atoms. The minimum absolute atomic E-state index is 0.0320. The molecule has 3 heterocycles. The van der Waals surface area contributed by atoms with Gasteiger partial charge in [0.1, 0.15) is 11.6 Å². The molecule has 0 saturated carbocycles. The SMILES string of the molecule is CCN1CCN(c2ccc(-c3cc(-c4cc(F)c5c(=O)[nH]ccc5c4)c(N)nc3F)cc2)CC1. The molecule has 0 unspecified atom stereocenters. The number of fused-ring (bicyclic) bond motifs is 1. The van der Waals surface area contributed by atoms with E-state index in [0.717, 1.165) is 38.4 Å². The normalized spacial score (nSPS) is 14.6. The fourth-order valence-electron chi connectivity index (χ4n) is 4.55. The first-order valence-electron chi connectivity index (χ1n) is 11.3. The molecule has 1 saturated heterocycles. The highest BCUT2D eigenvalue weighted by molar-refractivity contribution is 5.90. The van der Waals surface area contributed by atoms with Gasteiger partial charge < -0.3 is 20.5 Å². The summed E-state index contributed by atoms with van der Waals surface area (Å²) in [5.41, 5.74) is 8.35. The lowest BCUT2D eigenvalue weighted by Gasteiger charge is -2.35. The van der Waals surface area contributed by atoms with Crippen molar-refractivity contribution in [1.29, 1.82) is 0 Å². The molecule has 1 aliphatic rings. The van der Waals surface area contributed by atoms with E-state index in [1.807, 2.05) is 24.3 Å². The van der Waals surface area contributed by atoms with Crippen molar-refractivity contribution in [3.8, 4) is 22.3 Å². The molecule has 2 aromatic heterocycles. The number of anilines is 2. The van der Waals surface area contributed by atoms with Crippen LogP contribution in [-0.4, -0.2) is 47.6 Å². The monoisotopic (exact) mass is 461 g/mol. The van der Waals surface area contributed by atoms with Crippen LogP contribution in [0, 0.1) is 11.8 Å². The van der Waals surface area contributed by atoms with Gasteiger partial charge in [-0.05, 0) is 59.5 Å². The molecule has 0 atom stereocenters. The molecule has 0 amide bonds. The fourth-order valence-corrected chi connectivity index (χ4v) is 4.55. The molecule has 0 radical (unpaired) electrons. The second-order valence-electron chi connectivity index (χ2n) is 8.46. The van der Waals surface area contributed by atoms with E-state index in [1.165, 1.54) is 12.3 Å². The molecule has 0 aliphatic carbocycles. The number of pyridine rings is 2. The zero-order valence-corrected chi connectivity index (χ0v) is 18.8. The van der Waals surface area contributed by atoms with Crippen LogP contribution >= 0.6 is 0 Å². The summed E-state index contributed by atoms with van der Waals surface area (Å²) in [5.74, 6) is -1.41. The number of benzene rings is 2. The number of likely N-dealkylation sites (N-methyl/N-ethyl adjacent to an activating group) is 1. The summed E-state index contributed by atoms with van der Waals surface area (Å²) in [6.07, 6.45) is 1.45. The van der Waals surface area contributed by atoms with Crippen molar-refractivity contribution < 1.29 is 8.78 Å². The number of hydrogen-bond acceptors (Lipinski definition) is 5. The Balaban J connectivity index is 1.50. The molecular formula is C26H25F2N5O. The van der Waals surface area contributed by atoms with Crippen LogP contribution < -0.4 is 16.2 Å². The highest BCUT2D eigenvalue weighted by atomic mass is 19.1.